The van der Waals surface area contributed by atoms with Crippen LogP contribution in [0.5, 0.6) is 0 Å². The van der Waals surface area contributed by atoms with Crippen molar-refractivity contribution in [3.05, 3.63) is 6.42 Å². The molecule has 2 nitrogen and oxygen atoms in total. The molecule has 4 rings (SSSR count). The van der Waals surface area contributed by atoms with E-state index >= 15 is 0 Å². The first kappa shape index (κ1) is 10.8. The van der Waals surface area contributed by atoms with Crippen LogP contribution in [0.3, 0.4) is 0 Å². The second-order valence-corrected chi connectivity index (χ2v) is 6.99. The van der Waals surface area contributed by atoms with Crippen molar-refractivity contribution in [1.82, 2.24) is 0 Å². The minimum Gasteiger partial charge on any atom is -0.307 e. The van der Waals surface area contributed by atoms with E-state index in [2.05, 4.69) is 20.3 Å². The Balaban J connectivity index is 1.49. The second-order valence-electron chi connectivity index (χ2n) is 6.99. The van der Waals surface area contributed by atoms with E-state index in [1.807, 2.05) is 0 Å². The van der Waals surface area contributed by atoms with Crippen LogP contribution in [0.2, 0.25) is 0 Å². The van der Waals surface area contributed by atoms with Crippen molar-refractivity contribution in [2.45, 2.75) is 70.4 Å². The molecule has 0 bridgehead atoms. The molecule has 2 heteroatoms. The third-order valence-electron chi connectivity index (χ3n) is 6.00. The smallest absolute Gasteiger partial charge is 0.229 e. The highest BCUT2D eigenvalue weighted by Crippen LogP contribution is 2.77. The van der Waals surface area contributed by atoms with Crippen molar-refractivity contribution in [1.29, 1.82) is 0 Å². The molecule has 2 heterocycles. The van der Waals surface area contributed by atoms with E-state index < -0.39 is 0 Å². The van der Waals surface area contributed by atoms with Crippen LogP contribution in [0, 0.1) is 23.7 Å². The molecule has 4 fully saturated rings. The number of rotatable bonds is 2. The third-order valence-corrected chi connectivity index (χ3v) is 6.00. The molecule has 0 aromatic carbocycles. The van der Waals surface area contributed by atoms with Crippen LogP contribution in [0.1, 0.15) is 58.8 Å². The van der Waals surface area contributed by atoms with Crippen LogP contribution >= 0.6 is 0 Å². The van der Waals surface area contributed by atoms with Gasteiger partial charge in [-0.15, -0.1) is 0 Å². The first-order chi connectivity index (χ1) is 8.09. The Bertz CT molecular complexity index is 339. The second kappa shape index (κ2) is 3.08. The summed E-state index contributed by atoms with van der Waals surface area (Å²) >= 11 is 0. The van der Waals surface area contributed by atoms with Gasteiger partial charge in [-0.3, -0.25) is 0 Å². The molecule has 0 aromatic rings. The van der Waals surface area contributed by atoms with Gasteiger partial charge in [0.1, 0.15) is 0 Å². The van der Waals surface area contributed by atoms with E-state index in [-0.39, 0.29) is 11.6 Å². The van der Waals surface area contributed by atoms with Gasteiger partial charge >= 0.3 is 0 Å². The van der Waals surface area contributed by atoms with Crippen molar-refractivity contribution in [3.8, 4) is 0 Å². The van der Waals surface area contributed by atoms with Gasteiger partial charge in [-0.25, -0.2) is 0 Å². The highest BCUT2D eigenvalue weighted by Gasteiger charge is 2.92. The molecule has 95 valence electrons. The van der Waals surface area contributed by atoms with E-state index in [0.29, 0.717) is 5.41 Å². The van der Waals surface area contributed by atoms with Gasteiger partial charge in [-0.2, -0.15) is 0 Å². The molecule has 2 aliphatic heterocycles. The molecule has 2 saturated carbocycles. The Morgan fingerprint density at radius 3 is 2.47 bits per heavy atom. The summed E-state index contributed by atoms with van der Waals surface area (Å²) in [6.45, 7) is 4.88. The molecule has 2 aliphatic carbocycles. The lowest BCUT2D eigenvalue weighted by Crippen LogP contribution is -2.36. The van der Waals surface area contributed by atoms with Crippen LogP contribution in [-0.4, -0.2) is 11.6 Å². The fraction of sp³-hybridized carbons (Fsp3) is 0.933. The molecule has 2 unspecified atom stereocenters. The molecule has 0 spiro atoms. The van der Waals surface area contributed by atoms with Gasteiger partial charge in [0, 0.05) is 12.8 Å². The number of hydrogen-bond acceptors (Lipinski definition) is 2. The first-order valence-corrected chi connectivity index (χ1v) is 7.34. The lowest BCUT2D eigenvalue weighted by atomic mass is 9.61. The summed E-state index contributed by atoms with van der Waals surface area (Å²) in [5.41, 5.74) is 0.332. The molecule has 2 saturated heterocycles. The minimum atomic E-state index is -0.126. The molecule has 0 aromatic heterocycles. The molecule has 0 amide bonds. The highest BCUT2D eigenvalue weighted by atomic mass is 17.0. The first-order valence-electron chi connectivity index (χ1n) is 7.34. The average Bonchev–Trinajstić information content (AvgIpc) is 3.15. The number of hydrogen-bond donors (Lipinski definition) is 0. The Morgan fingerprint density at radius 1 is 1.12 bits per heavy atom. The molecule has 0 N–H and O–H groups in total. The van der Waals surface area contributed by atoms with Gasteiger partial charge in [0.25, 0.3) is 0 Å². The zero-order valence-electron chi connectivity index (χ0n) is 11.0. The largest absolute Gasteiger partial charge is 0.307 e. The van der Waals surface area contributed by atoms with Crippen LogP contribution < -0.4 is 0 Å². The van der Waals surface area contributed by atoms with Crippen LogP contribution in [0.4, 0.5) is 0 Å². The SMILES string of the molecule is CC(C1CCCCC1)C1(C)[CH]CC23OC2(C1)O3. The molecule has 1 radical (unpaired) electrons. The van der Waals surface area contributed by atoms with Crippen molar-refractivity contribution < 1.29 is 9.47 Å². The molecular formula is C15H23O2. The maximum Gasteiger partial charge on any atom is 0.229 e. The van der Waals surface area contributed by atoms with Crippen LogP contribution in [-0.2, 0) is 9.47 Å². The van der Waals surface area contributed by atoms with Crippen molar-refractivity contribution in [3.63, 3.8) is 0 Å². The quantitative estimate of drug-likeness (QED) is 0.682. The normalized spacial score (nSPS) is 54.7. The minimum absolute atomic E-state index is 0.126. The summed E-state index contributed by atoms with van der Waals surface area (Å²) in [5, 5.41) is 0. The zero-order chi connectivity index (χ0) is 11.7. The van der Waals surface area contributed by atoms with Gasteiger partial charge in [-0.1, -0.05) is 46.0 Å². The predicted molar refractivity (Wildman–Crippen MR) is 65.0 cm³/mol. The van der Waals surface area contributed by atoms with Crippen LogP contribution in [0.15, 0.2) is 0 Å². The predicted octanol–water partition coefficient (Wildman–Crippen LogP) is 3.66. The fourth-order valence-electron chi connectivity index (χ4n) is 4.40. The van der Waals surface area contributed by atoms with Crippen molar-refractivity contribution in [2.75, 3.05) is 0 Å². The third kappa shape index (κ3) is 1.34. The molecule has 17 heavy (non-hydrogen) atoms. The zero-order valence-corrected chi connectivity index (χ0v) is 11.0. The summed E-state index contributed by atoms with van der Waals surface area (Å²) in [4.78, 5) is 0. The summed E-state index contributed by atoms with van der Waals surface area (Å²) in [5.74, 6) is 1.45. The van der Waals surface area contributed by atoms with Gasteiger partial charge in [-0.05, 0) is 23.7 Å². The van der Waals surface area contributed by atoms with Crippen LogP contribution in [0.25, 0.3) is 0 Å². The van der Waals surface area contributed by atoms with E-state index in [9.17, 15) is 0 Å². The lowest BCUT2D eigenvalue weighted by Gasteiger charge is -2.42. The standard InChI is InChI=1S/C15H23O2/c1-11(12-6-4-3-5-7-12)13(2)8-9-14-15(10-13,16-14)17-14/h8,11-12H,3-7,9-10H2,1-2H3. The molecule has 2 atom stereocenters. The van der Waals surface area contributed by atoms with Gasteiger partial charge in [0.15, 0.2) is 0 Å². The van der Waals surface area contributed by atoms with Crippen molar-refractivity contribution in [2.24, 2.45) is 17.3 Å². The number of ether oxygens (including phenoxy) is 2. The highest BCUT2D eigenvalue weighted by molar-refractivity contribution is 5.27. The van der Waals surface area contributed by atoms with E-state index in [4.69, 9.17) is 9.47 Å². The number of epoxide rings is 2. The Hall–Kier alpha value is -0.0800. The van der Waals surface area contributed by atoms with Gasteiger partial charge in [0.05, 0.1) is 0 Å². The summed E-state index contributed by atoms with van der Waals surface area (Å²) in [6, 6.07) is 0. The lowest BCUT2D eigenvalue weighted by molar-refractivity contribution is -0.0985. The monoisotopic (exact) mass is 235 g/mol. The maximum atomic E-state index is 5.72. The summed E-state index contributed by atoms with van der Waals surface area (Å²) in [6.07, 6.45) is 11.8. The van der Waals surface area contributed by atoms with Gasteiger partial charge in [0.2, 0.25) is 11.6 Å². The Labute approximate surface area is 104 Å². The van der Waals surface area contributed by atoms with Gasteiger partial charge < -0.3 is 9.47 Å². The Kier molecular flexibility index (Phi) is 1.96. The molecule has 4 aliphatic rings. The van der Waals surface area contributed by atoms with E-state index in [1.165, 1.54) is 32.1 Å². The topological polar surface area (TPSA) is 25.1 Å². The summed E-state index contributed by atoms with van der Waals surface area (Å²) in [7, 11) is 0. The fourth-order valence-corrected chi connectivity index (χ4v) is 4.40. The summed E-state index contributed by atoms with van der Waals surface area (Å²) < 4.78 is 11.4. The van der Waals surface area contributed by atoms with E-state index in [0.717, 1.165) is 24.7 Å². The Morgan fingerprint density at radius 2 is 1.82 bits per heavy atom. The maximum absolute atomic E-state index is 5.72. The van der Waals surface area contributed by atoms with E-state index in [1.54, 1.807) is 0 Å². The van der Waals surface area contributed by atoms with Crippen molar-refractivity contribution >= 4 is 0 Å². The molecular weight excluding hydrogens is 212 g/mol. The average molecular weight is 235 g/mol.